The van der Waals surface area contributed by atoms with Crippen LogP contribution in [-0.2, 0) is 6.42 Å². The van der Waals surface area contributed by atoms with Gasteiger partial charge in [-0.1, -0.05) is 17.7 Å². The van der Waals surface area contributed by atoms with E-state index < -0.39 is 11.8 Å². The van der Waals surface area contributed by atoms with Gasteiger partial charge >= 0.3 is 6.03 Å². The van der Waals surface area contributed by atoms with Crippen LogP contribution in [0.3, 0.4) is 0 Å². The molecule has 5 nitrogen and oxygen atoms in total. The third-order valence-electron chi connectivity index (χ3n) is 3.32. The van der Waals surface area contributed by atoms with Crippen LogP contribution in [0.2, 0.25) is 5.02 Å². The van der Waals surface area contributed by atoms with Crippen molar-refractivity contribution in [2.45, 2.75) is 6.42 Å². The summed E-state index contributed by atoms with van der Waals surface area (Å²) in [5, 5.41) is 5.25. The predicted molar refractivity (Wildman–Crippen MR) is 91.7 cm³/mol. The normalized spacial score (nSPS) is 10.2. The Morgan fingerprint density at radius 3 is 2.54 bits per heavy atom. The summed E-state index contributed by atoms with van der Waals surface area (Å²) >= 11 is 5.59. The Morgan fingerprint density at radius 2 is 1.88 bits per heavy atom. The Balaban J connectivity index is 1.85. The lowest BCUT2D eigenvalue weighted by atomic mass is 10.1. The molecule has 0 radical (unpaired) electrons. The maximum atomic E-state index is 13.3. The molecule has 0 aromatic heterocycles. The summed E-state index contributed by atoms with van der Waals surface area (Å²) in [6, 6.07) is 9.22. The number of anilines is 1. The second kappa shape index (κ2) is 8.40. The molecule has 2 aromatic carbocycles. The van der Waals surface area contributed by atoms with Gasteiger partial charge in [0.25, 0.3) is 0 Å². The second-order valence-corrected chi connectivity index (χ2v) is 5.36. The van der Waals surface area contributed by atoms with E-state index in [0.29, 0.717) is 30.2 Å². The molecule has 0 aliphatic carbocycles. The fourth-order valence-corrected chi connectivity index (χ4v) is 2.22. The molecule has 0 aliphatic heterocycles. The average molecular weight is 353 g/mol. The number of methoxy groups -OCH3 is 2. The van der Waals surface area contributed by atoms with Crippen LogP contribution in [-0.4, -0.2) is 26.8 Å². The molecule has 2 rings (SSSR count). The Morgan fingerprint density at radius 1 is 1.12 bits per heavy atom. The maximum Gasteiger partial charge on any atom is 0.319 e. The molecule has 0 fully saturated rings. The van der Waals surface area contributed by atoms with Crippen molar-refractivity contribution >= 4 is 23.3 Å². The number of ether oxygens (including phenoxy) is 2. The van der Waals surface area contributed by atoms with Gasteiger partial charge in [0.05, 0.1) is 19.2 Å². The summed E-state index contributed by atoms with van der Waals surface area (Å²) in [6.45, 7) is 0.414. The Kier molecular flexibility index (Phi) is 6.26. The van der Waals surface area contributed by atoms with Gasteiger partial charge in [-0.05, 0) is 42.3 Å². The van der Waals surface area contributed by atoms with Crippen molar-refractivity contribution in [2.24, 2.45) is 0 Å². The van der Waals surface area contributed by atoms with Crippen molar-refractivity contribution in [1.82, 2.24) is 5.32 Å². The number of amides is 2. The van der Waals surface area contributed by atoms with E-state index in [-0.39, 0.29) is 5.02 Å². The highest BCUT2D eigenvalue weighted by molar-refractivity contribution is 6.30. The summed E-state index contributed by atoms with van der Waals surface area (Å²) < 4.78 is 23.7. The number of urea groups is 1. The van der Waals surface area contributed by atoms with E-state index in [2.05, 4.69) is 10.6 Å². The summed E-state index contributed by atoms with van der Waals surface area (Å²) in [4.78, 5) is 11.8. The monoisotopic (exact) mass is 352 g/mol. The topological polar surface area (TPSA) is 59.6 Å². The van der Waals surface area contributed by atoms with E-state index in [4.69, 9.17) is 21.1 Å². The van der Waals surface area contributed by atoms with E-state index in [1.807, 2.05) is 18.2 Å². The summed E-state index contributed by atoms with van der Waals surface area (Å²) in [7, 11) is 3.14. The highest BCUT2D eigenvalue weighted by atomic mass is 35.5. The smallest absolute Gasteiger partial charge is 0.319 e. The van der Waals surface area contributed by atoms with Gasteiger partial charge in [-0.3, -0.25) is 0 Å². The fourth-order valence-electron chi connectivity index (χ4n) is 2.11. The van der Waals surface area contributed by atoms with Gasteiger partial charge in [0.15, 0.2) is 11.5 Å². The second-order valence-electron chi connectivity index (χ2n) is 4.95. The molecule has 0 spiro atoms. The lowest BCUT2D eigenvalue weighted by molar-refractivity contribution is 0.252. The zero-order valence-electron chi connectivity index (χ0n) is 13.4. The minimum Gasteiger partial charge on any atom is -0.493 e. The fraction of sp³-hybridized carbons (Fsp3) is 0.235. The zero-order chi connectivity index (χ0) is 17.5. The van der Waals surface area contributed by atoms with Crippen molar-refractivity contribution in [3.05, 3.63) is 52.8 Å². The molecule has 2 N–H and O–H groups in total. The minimum atomic E-state index is -0.584. The van der Waals surface area contributed by atoms with Gasteiger partial charge in [0.2, 0.25) is 0 Å². The van der Waals surface area contributed by atoms with Crippen LogP contribution in [0.15, 0.2) is 36.4 Å². The Labute approximate surface area is 144 Å². The van der Waals surface area contributed by atoms with E-state index in [0.717, 1.165) is 11.6 Å². The Hall–Kier alpha value is -2.47. The predicted octanol–water partition coefficient (Wildman–Crippen LogP) is 3.86. The van der Waals surface area contributed by atoms with Crippen molar-refractivity contribution < 1.29 is 18.7 Å². The molecular formula is C17H18ClFN2O3. The molecule has 2 amide bonds. The highest BCUT2D eigenvalue weighted by Gasteiger charge is 2.07. The molecule has 0 unspecified atom stereocenters. The molecule has 0 aliphatic rings. The molecule has 0 bridgehead atoms. The first-order valence-corrected chi connectivity index (χ1v) is 7.62. The number of benzene rings is 2. The molecule has 0 saturated carbocycles. The number of nitrogens with one attached hydrogen (secondary N) is 2. The molecule has 2 aromatic rings. The van der Waals surface area contributed by atoms with Crippen molar-refractivity contribution in [2.75, 3.05) is 26.1 Å². The minimum absolute atomic E-state index is 0.00871. The van der Waals surface area contributed by atoms with Gasteiger partial charge in [-0.25, -0.2) is 9.18 Å². The van der Waals surface area contributed by atoms with Crippen LogP contribution < -0.4 is 20.1 Å². The van der Waals surface area contributed by atoms with E-state index >= 15 is 0 Å². The van der Waals surface area contributed by atoms with Gasteiger partial charge in [-0.2, -0.15) is 0 Å². The summed E-state index contributed by atoms with van der Waals surface area (Å²) in [5.41, 5.74) is 1.33. The third-order valence-corrected chi connectivity index (χ3v) is 3.63. The van der Waals surface area contributed by atoms with Crippen LogP contribution in [0, 0.1) is 5.82 Å². The highest BCUT2D eigenvalue weighted by Crippen LogP contribution is 2.27. The zero-order valence-corrected chi connectivity index (χ0v) is 14.1. The molecule has 0 saturated heterocycles. The van der Waals surface area contributed by atoms with Gasteiger partial charge < -0.3 is 20.1 Å². The number of halogens is 2. The van der Waals surface area contributed by atoms with Crippen molar-refractivity contribution in [3.8, 4) is 11.5 Å². The molecule has 128 valence electrons. The van der Waals surface area contributed by atoms with Crippen molar-refractivity contribution in [1.29, 1.82) is 0 Å². The van der Waals surface area contributed by atoms with E-state index in [1.54, 1.807) is 14.2 Å². The largest absolute Gasteiger partial charge is 0.493 e. The molecular weight excluding hydrogens is 335 g/mol. The molecule has 0 heterocycles. The van der Waals surface area contributed by atoms with Gasteiger partial charge in [-0.15, -0.1) is 0 Å². The quantitative estimate of drug-likeness (QED) is 0.830. The first kappa shape index (κ1) is 17.9. The maximum absolute atomic E-state index is 13.3. The lowest BCUT2D eigenvalue weighted by Crippen LogP contribution is -2.30. The number of carbonyl (C=O) groups excluding carboxylic acids is 1. The first-order chi connectivity index (χ1) is 11.5. The lowest BCUT2D eigenvalue weighted by Gasteiger charge is -2.11. The molecule has 0 atom stereocenters. The van der Waals surface area contributed by atoms with E-state index in [9.17, 15) is 9.18 Å². The third kappa shape index (κ3) is 4.76. The number of hydrogen-bond donors (Lipinski definition) is 2. The number of carbonyl (C=O) groups is 1. The van der Waals surface area contributed by atoms with Gasteiger partial charge in [0, 0.05) is 12.2 Å². The number of hydrogen-bond acceptors (Lipinski definition) is 3. The SMILES string of the molecule is COc1ccc(CCNC(=O)Nc2ccc(Cl)c(F)c2)cc1OC. The van der Waals surface area contributed by atoms with Gasteiger partial charge in [0.1, 0.15) is 5.82 Å². The molecule has 7 heteroatoms. The summed E-state index contributed by atoms with van der Waals surface area (Å²) in [5.74, 6) is 0.701. The number of rotatable bonds is 6. The molecule has 24 heavy (non-hydrogen) atoms. The van der Waals surface area contributed by atoms with Crippen LogP contribution in [0.1, 0.15) is 5.56 Å². The van der Waals surface area contributed by atoms with Crippen LogP contribution >= 0.6 is 11.6 Å². The summed E-state index contributed by atoms with van der Waals surface area (Å²) in [6.07, 6.45) is 0.614. The Bertz CT molecular complexity index is 725. The average Bonchev–Trinajstić information content (AvgIpc) is 2.58. The standard InChI is InChI=1S/C17H18ClFN2O3/c1-23-15-6-3-11(9-16(15)24-2)7-8-20-17(22)21-12-4-5-13(18)14(19)10-12/h3-6,9-10H,7-8H2,1-2H3,(H2,20,21,22). The van der Waals surface area contributed by atoms with Crippen LogP contribution in [0.25, 0.3) is 0 Å². The van der Waals surface area contributed by atoms with Crippen LogP contribution in [0.4, 0.5) is 14.9 Å². The van der Waals surface area contributed by atoms with Crippen LogP contribution in [0.5, 0.6) is 11.5 Å². The first-order valence-electron chi connectivity index (χ1n) is 7.24. The van der Waals surface area contributed by atoms with Crippen molar-refractivity contribution in [3.63, 3.8) is 0 Å². The van der Waals surface area contributed by atoms with E-state index in [1.165, 1.54) is 12.1 Å².